The van der Waals surface area contributed by atoms with Crippen LogP contribution in [0, 0.1) is 0 Å². The van der Waals surface area contributed by atoms with Gasteiger partial charge in [-0.05, 0) is 23.2 Å². The Balaban J connectivity index is 2.84. The third-order valence-corrected chi connectivity index (χ3v) is 2.88. The highest BCUT2D eigenvalue weighted by Crippen LogP contribution is 2.27. The molecule has 0 saturated heterocycles. The lowest BCUT2D eigenvalue weighted by Gasteiger charge is -2.16. The summed E-state index contributed by atoms with van der Waals surface area (Å²) in [5.74, 6) is -0.0912. The molecule has 1 rings (SSSR count). The van der Waals surface area contributed by atoms with Crippen LogP contribution in [0.2, 0.25) is 0 Å². The molecular formula is C10H15NO3S. The van der Waals surface area contributed by atoms with Crippen molar-refractivity contribution in [2.45, 2.75) is 26.2 Å². The Morgan fingerprint density at radius 1 is 1.53 bits per heavy atom. The van der Waals surface area contributed by atoms with E-state index in [1.54, 1.807) is 0 Å². The maximum atomic E-state index is 10.9. The number of nitrogens with one attached hydrogen (secondary N) is 1. The fourth-order valence-corrected chi connectivity index (χ4v) is 2.33. The molecule has 4 nitrogen and oxygen atoms in total. The Hall–Kier alpha value is -0.910. The molecule has 1 aromatic rings. The number of rotatable bonds is 4. The molecule has 0 bridgehead atoms. The smallest absolute Gasteiger partial charge is 0.217 e. The van der Waals surface area contributed by atoms with Crippen molar-refractivity contribution in [2.24, 2.45) is 0 Å². The highest BCUT2D eigenvalue weighted by molar-refractivity contribution is 7.08. The first-order chi connectivity index (χ1) is 7.06. The molecule has 1 aromatic heterocycles. The van der Waals surface area contributed by atoms with Gasteiger partial charge < -0.3 is 15.2 Å². The van der Waals surface area contributed by atoms with Gasteiger partial charge >= 0.3 is 0 Å². The van der Waals surface area contributed by atoms with Gasteiger partial charge in [-0.3, -0.25) is 4.79 Å². The minimum absolute atomic E-state index is 0.0912. The van der Waals surface area contributed by atoms with E-state index in [4.69, 9.17) is 4.74 Å². The van der Waals surface area contributed by atoms with E-state index in [1.165, 1.54) is 25.4 Å². The summed E-state index contributed by atoms with van der Waals surface area (Å²) < 4.78 is 4.84. The highest BCUT2D eigenvalue weighted by Gasteiger charge is 2.17. The van der Waals surface area contributed by atoms with Crippen LogP contribution < -0.4 is 5.32 Å². The molecule has 15 heavy (non-hydrogen) atoms. The van der Waals surface area contributed by atoms with Gasteiger partial charge in [0, 0.05) is 19.6 Å². The average molecular weight is 229 g/mol. The summed E-state index contributed by atoms with van der Waals surface area (Å²) in [6, 6.07) is -0.117. The number of thiophene rings is 1. The maximum Gasteiger partial charge on any atom is 0.217 e. The molecule has 2 N–H and O–H groups in total. The Morgan fingerprint density at radius 3 is 2.67 bits per heavy atom. The minimum Gasteiger partial charge on any atom is -0.364 e. The van der Waals surface area contributed by atoms with E-state index in [-0.39, 0.29) is 11.9 Å². The third-order valence-electron chi connectivity index (χ3n) is 2.10. The molecule has 1 heterocycles. The topological polar surface area (TPSA) is 58.6 Å². The van der Waals surface area contributed by atoms with Crippen LogP contribution in [0.3, 0.4) is 0 Å². The monoisotopic (exact) mass is 229 g/mol. The Kier molecular flexibility index (Phi) is 4.26. The van der Waals surface area contributed by atoms with Crippen LogP contribution in [0.1, 0.15) is 37.3 Å². The molecule has 2 unspecified atom stereocenters. The van der Waals surface area contributed by atoms with Gasteiger partial charge in [-0.15, -0.1) is 0 Å². The second-order valence-corrected chi connectivity index (χ2v) is 4.04. The molecule has 0 radical (unpaired) electrons. The second-order valence-electron chi connectivity index (χ2n) is 3.29. The van der Waals surface area contributed by atoms with Crippen molar-refractivity contribution >= 4 is 17.2 Å². The van der Waals surface area contributed by atoms with E-state index >= 15 is 0 Å². The summed E-state index contributed by atoms with van der Waals surface area (Å²) in [4.78, 5) is 10.9. The van der Waals surface area contributed by atoms with Gasteiger partial charge in [-0.1, -0.05) is 0 Å². The number of methoxy groups -OCH3 is 1. The molecule has 0 aliphatic carbocycles. The summed E-state index contributed by atoms with van der Waals surface area (Å²) in [7, 11) is 1.44. The van der Waals surface area contributed by atoms with Crippen molar-refractivity contribution < 1.29 is 14.6 Å². The van der Waals surface area contributed by atoms with Gasteiger partial charge in [0.2, 0.25) is 5.91 Å². The molecule has 2 atom stereocenters. The SMILES string of the molecule is COC(O)c1cscc1C(C)NC(C)=O. The first kappa shape index (κ1) is 12.2. The normalized spacial score (nSPS) is 14.7. The zero-order valence-corrected chi connectivity index (χ0v) is 9.80. The van der Waals surface area contributed by atoms with Crippen LogP contribution in [0.5, 0.6) is 0 Å². The lowest BCUT2D eigenvalue weighted by Crippen LogP contribution is -2.24. The van der Waals surface area contributed by atoms with Crippen molar-refractivity contribution in [3.8, 4) is 0 Å². The third kappa shape index (κ3) is 3.02. The first-order valence-electron chi connectivity index (χ1n) is 4.60. The van der Waals surface area contributed by atoms with Crippen molar-refractivity contribution in [1.82, 2.24) is 5.32 Å². The van der Waals surface area contributed by atoms with Gasteiger partial charge in [0.25, 0.3) is 0 Å². The van der Waals surface area contributed by atoms with E-state index in [9.17, 15) is 9.90 Å². The predicted octanol–water partition coefficient (Wildman–Crippen LogP) is 1.58. The van der Waals surface area contributed by atoms with Crippen molar-refractivity contribution in [2.75, 3.05) is 7.11 Å². The summed E-state index contributed by atoms with van der Waals surface area (Å²) in [5, 5.41) is 16.0. The van der Waals surface area contributed by atoms with E-state index in [0.717, 1.165) is 5.56 Å². The fourth-order valence-electron chi connectivity index (χ4n) is 1.38. The molecule has 84 valence electrons. The van der Waals surface area contributed by atoms with Gasteiger partial charge in [-0.25, -0.2) is 0 Å². The second kappa shape index (κ2) is 5.25. The van der Waals surface area contributed by atoms with Crippen molar-refractivity contribution in [3.63, 3.8) is 0 Å². The van der Waals surface area contributed by atoms with Gasteiger partial charge in [0.05, 0.1) is 6.04 Å². The molecule has 0 spiro atoms. The van der Waals surface area contributed by atoms with E-state index in [0.29, 0.717) is 5.56 Å². The molecule has 0 aliphatic rings. The number of amides is 1. The van der Waals surface area contributed by atoms with Crippen LogP contribution in [0.4, 0.5) is 0 Å². The Morgan fingerprint density at radius 2 is 2.13 bits per heavy atom. The summed E-state index contributed by atoms with van der Waals surface area (Å²) in [5.41, 5.74) is 1.60. The van der Waals surface area contributed by atoms with Gasteiger partial charge in [-0.2, -0.15) is 11.3 Å². The van der Waals surface area contributed by atoms with Crippen molar-refractivity contribution in [3.05, 3.63) is 21.9 Å². The number of hydrogen-bond donors (Lipinski definition) is 2. The van der Waals surface area contributed by atoms with E-state index in [1.807, 2.05) is 17.7 Å². The van der Waals surface area contributed by atoms with E-state index < -0.39 is 6.29 Å². The fraction of sp³-hybridized carbons (Fsp3) is 0.500. The zero-order valence-electron chi connectivity index (χ0n) is 8.98. The average Bonchev–Trinajstić information content (AvgIpc) is 2.63. The molecule has 0 fully saturated rings. The molecule has 1 amide bonds. The molecule has 5 heteroatoms. The molecule has 0 aromatic carbocycles. The Labute approximate surface area is 92.9 Å². The predicted molar refractivity (Wildman–Crippen MR) is 58.5 cm³/mol. The summed E-state index contributed by atoms with van der Waals surface area (Å²) >= 11 is 1.47. The molecule has 0 saturated carbocycles. The number of aliphatic hydroxyl groups is 1. The molecule has 0 aliphatic heterocycles. The lowest BCUT2D eigenvalue weighted by atomic mass is 10.1. The number of aliphatic hydroxyl groups excluding tert-OH is 1. The Bertz CT molecular complexity index is 337. The largest absolute Gasteiger partial charge is 0.364 e. The number of ether oxygens (including phenoxy) is 1. The summed E-state index contributed by atoms with van der Waals surface area (Å²) in [6.07, 6.45) is -0.928. The zero-order chi connectivity index (χ0) is 11.4. The van der Waals surface area contributed by atoms with Crippen molar-refractivity contribution in [1.29, 1.82) is 0 Å². The molecular weight excluding hydrogens is 214 g/mol. The van der Waals surface area contributed by atoms with Crippen LogP contribution >= 0.6 is 11.3 Å². The van der Waals surface area contributed by atoms with Gasteiger partial charge in [0.15, 0.2) is 6.29 Å². The standard InChI is InChI=1S/C10H15NO3S/c1-6(11-7(2)12)8-4-15-5-9(8)10(13)14-3/h4-6,10,13H,1-3H3,(H,11,12). The maximum absolute atomic E-state index is 10.9. The number of carbonyl (C=O) groups is 1. The lowest BCUT2D eigenvalue weighted by molar-refractivity contribution is -0.119. The first-order valence-corrected chi connectivity index (χ1v) is 5.54. The summed E-state index contributed by atoms with van der Waals surface area (Å²) in [6.45, 7) is 3.34. The highest BCUT2D eigenvalue weighted by atomic mass is 32.1. The van der Waals surface area contributed by atoms with E-state index in [2.05, 4.69) is 5.32 Å². The number of carbonyl (C=O) groups excluding carboxylic acids is 1. The van der Waals surface area contributed by atoms with Crippen LogP contribution in [-0.2, 0) is 9.53 Å². The number of hydrogen-bond acceptors (Lipinski definition) is 4. The van der Waals surface area contributed by atoms with Crippen LogP contribution in [0.15, 0.2) is 10.8 Å². The van der Waals surface area contributed by atoms with Crippen LogP contribution in [-0.4, -0.2) is 18.1 Å². The minimum atomic E-state index is -0.928. The van der Waals surface area contributed by atoms with Gasteiger partial charge in [0.1, 0.15) is 0 Å². The quantitative estimate of drug-likeness (QED) is 0.771. The van der Waals surface area contributed by atoms with Crippen LogP contribution in [0.25, 0.3) is 0 Å².